The smallest absolute Gasteiger partial charge is 0.271 e. The molecule has 0 saturated heterocycles. The highest BCUT2D eigenvalue weighted by molar-refractivity contribution is 7.19. The first-order chi connectivity index (χ1) is 15.4. The summed E-state index contributed by atoms with van der Waals surface area (Å²) in [6, 6.07) is 4.68. The first kappa shape index (κ1) is 22.0. The zero-order valence-corrected chi connectivity index (χ0v) is 20.6. The Hall–Kier alpha value is -1.82. The molecule has 1 atom stereocenters. The monoisotopic (exact) mass is 455 g/mol. The molecule has 32 heavy (non-hydrogen) atoms. The van der Waals surface area contributed by atoms with Crippen LogP contribution in [0, 0.1) is 5.92 Å². The minimum atomic E-state index is -0.854. The van der Waals surface area contributed by atoms with Gasteiger partial charge in [0.15, 0.2) is 0 Å². The average Bonchev–Trinajstić information content (AvgIpc) is 3.34. The van der Waals surface area contributed by atoms with Gasteiger partial charge < -0.3 is 14.8 Å². The summed E-state index contributed by atoms with van der Waals surface area (Å²) < 4.78 is 3.30. The van der Waals surface area contributed by atoms with Crippen LogP contribution >= 0.6 is 11.3 Å². The molecule has 3 heterocycles. The number of nitrogens with one attached hydrogen (secondary N) is 1. The summed E-state index contributed by atoms with van der Waals surface area (Å²) >= 11 is 1.77. The van der Waals surface area contributed by atoms with Crippen molar-refractivity contribution in [3.63, 3.8) is 0 Å². The highest BCUT2D eigenvalue weighted by atomic mass is 32.1. The van der Waals surface area contributed by atoms with Crippen molar-refractivity contribution in [2.24, 2.45) is 5.92 Å². The Balaban J connectivity index is 1.53. The lowest BCUT2D eigenvalue weighted by atomic mass is 9.82. The van der Waals surface area contributed by atoms with E-state index in [1.165, 1.54) is 28.8 Å². The van der Waals surface area contributed by atoms with E-state index in [0.717, 1.165) is 56.2 Å². The van der Waals surface area contributed by atoms with Crippen LogP contribution in [0.4, 0.5) is 0 Å². The molecule has 0 radical (unpaired) electrons. The number of carbonyl (C=O) groups is 2. The minimum absolute atomic E-state index is 0.0369. The summed E-state index contributed by atoms with van der Waals surface area (Å²) in [5, 5.41) is 3.37. The maximum atomic E-state index is 14.0. The van der Waals surface area contributed by atoms with E-state index >= 15 is 0 Å². The molecule has 6 heteroatoms. The fourth-order valence-corrected chi connectivity index (χ4v) is 7.23. The van der Waals surface area contributed by atoms with Crippen molar-refractivity contribution in [3.8, 4) is 0 Å². The van der Waals surface area contributed by atoms with E-state index in [-0.39, 0.29) is 23.9 Å². The summed E-state index contributed by atoms with van der Waals surface area (Å²) in [5.74, 6) is 0.781. The van der Waals surface area contributed by atoms with Gasteiger partial charge in [0.1, 0.15) is 11.2 Å². The second kappa shape index (κ2) is 8.51. The Morgan fingerprint density at radius 1 is 1.12 bits per heavy atom. The van der Waals surface area contributed by atoms with Gasteiger partial charge in [-0.25, -0.2) is 0 Å². The minimum Gasteiger partial charge on any atom is -0.351 e. The quantitative estimate of drug-likeness (QED) is 0.661. The van der Waals surface area contributed by atoms with Crippen LogP contribution in [0.5, 0.6) is 0 Å². The fourth-order valence-electron chi connectivity index (χ4n) is 6.18. The SMILES string of the molecule is CCc1cc2c(cc3n2CC(C)(C(=O)NC2CCCCC2)N(C2CCC(C)CC2)C3=O)s1. The van der Waals surface area contributed by atoms with Crippen molar-refractivity contribution in [3.05, 3.63) is 22.7 Å². The molecular weight excluding hydrogens is 418 g/mol. The molecule has 1 unspecified atom stereocenters. The van der Waals surface area contributed by atoms with Gasteiger partial charge in [-0.15, -0.1) is 11.3 Å². The summed E-state index contributed by atoms with van der Waals surface area (Å²) in [5.41, 5.74) is 1.02. The van der Waals surface area contributed by atoms with Crippen molar-refractivity contribution in [2.75, 3.05) is 0 Å². The van der Waals surface area contributed by atoms with Crippen LogP contribution in [0.3, 0.4) is 0 Å². The molecule has 2 aliphatic carbocycles. The van der Waals surface area contributed by atoms with Gasteiger partial charge in [-0.2, -0.15) is 0 Å². The maximum absolute atomic E-state index is 14.0. The fraction of sp³-hybridized carbons (Fsp3) is 0.692. The highest BCUT2D eigenvalue weighted by Crippen LogP contribution is 2.40. The van der Waals surface area contributed by atoms with Gasteiger partial charge in [0.2, 0.25) is 5.91 Å². The molecule has 2 amide bonds. The Morgan fingerprint density at radius 3 is 2.53 bits per heavy atom. The molecule has 2 saturated carbocycles. The largest absolute Gasteiger partial charge is 0.351 e. The molecular formula is C26H37N3O2S. The molecule has 2 fully saturated rings. The third kappa shape index (κ3) is 3.68. The van der Waals surface area contributed by atoms with E-state index in [9.17, 15) is 9.59 Å². The van der Waals surface area contributed by atoms with Gasteiger partial charge in [-0.3, -0.25) is 9.59 Å². The molecule has 0 aromatic carbocycles. The summed E-state index contributed by atoms with van der Waals surface area (Å²) in [7, 11) is 0. The Bertz CT molecular complexity index is 1010. The number of thiophene rings is 1. The zero-order valence-electron chi connectivity index (χ0n) is 19.8. The van der Waals surface area contributed by atoms with Gasteiger partial charge in [0, 0.05) is 17.0 Å². The van der Waals surface area contributed by atoms with E-state index in [1.54, 1.807) is 11.3 Å². The lowest BCUT2D eigenvalue weighted by Crippen LogP contribution is -2.67. The molecule has 0 bridgehead atoms. The Labute approximate surface area is 195 Å². The van der Waals surface area contributed by atoms with Crippen LogP contribution in [-0.2, 0) is 17.8 Å². The van der Waals surface area contributed by atoms with E-state index in [0.29, 0.717) is 12.5 Å². The Kier molecular flexibility index (Phi) is 5.85. The molecule has 174 valence electrons. The van der Waals surface area contributed by atoms with Gasteiger partial charge in [-0.05, 0) is 69.9 Å². The highest BCUT2D eigenvalue weighted by Gasteiger charge is 2.51. The van der Waals surface area contributed by atoms with Crippen molar-refractivity contribution < 1.29 is 9.59 Å². The number of hydrogen-bond acceptors (Lipinski definition) is 3. The lowest BCUT2D eigenvalue weighted by molar-refractivity contribution is -0.135. The molecule has 2 aromatic rings. The summed E-state index contributed by atoms with van der Waals surface area (Å²) in [6.45, 7) is 7.03. The second-order valence-electron chi connectivity index (χ2n) is 10.6. The van der Waals surface area contributed by atoms with Crippen molar-refractivity contribution in [1.82, 2.24) is 14.8 Å². The molecule has 0 spiro atoms. The van der Waals surface area contributed by atoms with Crippen molar-refractivity contribution in [1.29, 1.82) is 0 Å². The van der Waals surface area contributed by atoms with E-state index in [1.807, 2.05) is 11.8 Å². The van der Waals surface area contributed by atoms with Gasteiger partial charge in [0.05, 0.1) is 16.8 Å². The van der Waals surface area contributed by atoms with Crippen LogP contribution in [0.1, 0.15) is 93.9 Å². The molecule has 5 rings (SSSR count). The second-order valence-corrected chi connectivity index (χ2v) is 11.8. The van der Waals surface area contributed by atoms with Crippen LogP contribution in [0.25, 0.3) is 10.2 Å². The average molecular weight is 456 g/mol. The third-order valence-electron chi connectivity index (χ3n) is 8.20. The van der Waals surface area contributed by atoms with Crippen molar-refractivity contribution >= 4 is 33.4 Å². The van der Waals surface area contributed by atoms with Gasteiger partial charge in [-0.1, -0.05) is 33.1 Å². The molecule has 1 aliphatic heterocycles. The molecule has 2 aromatic heterocycles. The number of fused-ring (bicyclic) bond motifs is 3. The predicted molar refractivity (Wildman–Crippen MR) is 130 cm³/mol. The predicted octanol–water partition coefficient (Wildman–Crippen LogP) is 5.51. The van der Waals surface area contributed by atoms with E-state index in [4.69, 9.17) is 0 Å². The Morgan fingerprint density at radius 2 is 1.84 bits per heavy atom. The first-order valence-electron chi connectivity index (χ1n) is 12.7. The molecule has 3 aliphatic rings. The molecule has 5 nitrogen and oxygen atoms in total. The van der Waals surface area contributed by atoms with Gasteiger partial charge in [0.25, 0.3) is 5.91 Å². The number of rotatable bonds is 4. The zero-order chi connectivity index (χ0) is 22.5. The maximum Gasteiger partial charge on any atom is 0.271 e. The number of aromatic nitrogens is 1. The molecule has 1 N–H and O–H groups in total. The van der Waals surface area contributed by atoms with Crippen LogP contribution in [0.2, 0.25) is 0 Å². The third-order valence-corrected chi connectivity index (χ3v) is 9.42. The lowest BCUT2D eigenvalue weighted by Gasteiger charge is -2.49. The number of amides is 2. The van der Waals surface area contributed by atoms with Crippen LogP contribution in [-0.4, -0.2) is 38.9 Å². The number of hydrogen-bond donors (Lipinski definition) is 1. The van der Waals surface area contributed by atoms with Crippen molar-refractivity contribution in [2.45, 2.75) is 109 Å². The summed E-state index contributed by atoms with van der Waals surface area (Å²) in [6.07, 6.45) is 11.0. The number of aryl methyl sites for hydroxylation is 1. The first-order valence-corrected chi connectivity index (χ1v) is 13.5. The van der Waals surface area contributed by atoms with Crippen LogP contribution < -0.4 is 5.32 Å². The van der Waals surface area contributed by atoms with Crippen LogP contribution in [0.15, 0.2) is 12.1 Å². The standard InChI is InChI=1S/C26H37N3O2S/c1-4-20-14-21-23(32-20)15-22-24(30)29(19-12-10-17(2)11-13-19)26(3,16-28(21)22)25(31)27-18-8-6-5-7-9-18/h14-15,17-19H,4-13,16H2,1-3H3,(H,27,31). The number of nitrogens with zero attached hydrogens (tertiary/aromatic N) is 2. The topological polar surface area (TPSA) is 54.3 Å². The normalized spacial score (nSPS) is 29.3. The van der Waals surface area contributed by atoms with E-state index in [2.05, 4.69) is 35.9 Å². The van der Waals surface area contributed by atoms with Gasteiger partial charge >= 0.3 is 0 Å². The summed E-state index contributed by atoms with van der Waals surface area (Å²) in [4.78, 5) is 31.2. The number of carbonyl (C=O) groups excluding carboxylic acids is 2. The van der Waals surface area contributed by atoms with E-state index < -0.39 is 5.54 Å².